The standard InChI is InChI=1S/C25H36N8O.C2H4.CH2O/c1-7-20(32(8-2)16-15-26-5)11-10-14-27-24-28-17-19-18-31(6)33(23(19)30-24)22-13-9-12-21(29-22)25(3,4)34;2*1-2/h7,9-14,17,26,34H,1,8,15-16,18H2,2-6H3,(H,27,28,30);1-2H2;1H2/b14-10+,20-11+;;. The van der Waals surface area contributed by atoms with E-state index in [-0.39, 0.29) is 0 Å². The van der Waals surface area contributed by atoms with Gasteiger partial charge in [0.05, 0.1) is 5.69 Å². The van der Waals surface area contributed by atoms with Crippen LogP contribution < -0.4 is 15.6 Å². The largest absolute Gasteiger partial charge is 0.384 e. The Bertz CT molecular complexity index is 1080. The molecule has 0 bridgehead atoms. The van der Waals surface area contributed by atoms with Crippen LogP contribution >= 0.6 is 0 Å². The van der Waals surface area contributed by atoms with Crippen LogP contribution in [0.5, 0.6) is 0 Å². The maximum Gasteiger partial charge on any atom is 0.228 e. The fraction of sp³-hybridized carbons (Fsp3) is 0.357. The van der Waals surface area contributed by atoms with Crippen LogP contribution in [0.15, 0.2) is 74.3 Å². The molecule has 38 heavy (non-hydrogen) atoms. The summed E-state index contributed by atoms with van der Waals surface area (Å²) in [5.74, 6) is 1.95. The number of carbonyl (C=O) groups is 1. The van der Waals surface area contributed by atoms with Gasteiger partial charge in [-0.15, -0.1) is 13.2 Å². The van der Waals surface area contributed by atoms with E-state index in [0.717, 1.165) is 36.7 Å². The number of allylic oxidation sites excluding steroid dienone is 3. The number of rotatable bonds is 11. The van der Waals surface area contributed by atoms with Crippen LogP contribution in [0.1, 0.15) is 32.0 Å². The number of hydrazine groups is 1. The predicted octanol–water partition coefficient (Wildman–Crippen LogP) is 3.75. The van der Waals surface area contributed by atoms with Crippen molar-refractivity contribution in [3.05, 3.63) is 85.5 Å². The van der Waals surface area contributed by atoms with Crippen molar-refractivity contribution in [3.8, 4) is 0 Å². The summed E-state index contributed by atoms with van der Waals surface area (Å²) in [6.07, 6.45) is 9.44. The van der Waals surface area contributed by atoms with Crippen LogP contribution in [0, 0.1) is 0 Å². The predicted molar refractivity (Wildman–Crippen MR) is 156 cm³/mol. The Morgan fingerprint density at radius 1 is 1.26 bits per heavy atom. The van der Waals surface area contributed by atoms with Gasteiger partial charge < -0.3 is 25.4 Å². The van der Waals surface area contributed by atoms with Crippen molar-refractivity contribution < 1.29 is 9.90 Å². The third kappa shape index (κ3) is 8.62. The van der Waals surface area contributed by atoms with Gasteiger partial charge in [-0.1, -0.05) is 12.6 Å². The third-order valence-electron chi connectivity index (χ3n) is 5.52. The molecular weight excluding hydrogens is 480 g/mol. The van der Waals surface area contributed by atoms with Gasteiger partial charge in [-0.3, -0.25) is 0 Å². The van der Waals surface area contributed by atoms with Gasteiger partial charge in [-0.2, -0.15) is 4.98 Å². The molecule has 1 aliphatic rings. The molecule has 0 spiro atoms. The van der Waals surface area contributed by atoms with E-state index in [1.165, 1.54) is 0 Å². The summed E-state index contributed by atoms with van der Waals surface area (Å²) in [6.45, 7) is 20.9. The van der Waals surface area contributed by atoms with E-state index in [9.17, 15) is 5.11 Å². The van der Waals surface area contributed by atoms with E-state index >= 15 is 0 Å². The van der Waals surface area contributed by atoms with E-state index in [1.54, 1.807) is 13.8 Å². The van der Waals surface area contributed by atoms with Gasteiger partial charge in [-0.25, -0.2) is 20.0 Å². The van der Waals surface area contributed by atoms with E-state index in [1.807, 2.05) is 79.7 Å². The highest BCUT2D eigenvalue weighted by Crippen LogP contribution is 2.35. The number of pyridine rings is 1. The number of nitrogens with one attached hydrogen (secondary N) is 2. The lowest BCUT2D eigenvalue weighted by Crippen LogP contribution is -2.31. The Hall–Kier alpha value is -3.86. The molecular formula is C28H42N8O2. The summed E-state index contributed by atoms with van der Waals surface area (Å²) in [6, 6.07) is 5.62. The molecule has 3 N–H and O–H groups in total. The molecule has 0 fully saturated rings. The van der Waals surface area contributed by atoms with Crippen LogP contribution in [-0.2, 0) is 16.9 Å². The number of aromatic nitrogens is 3. The van der Waals surface area contributed by atoms with Crippen molar-refractivity contribution in [1.82, 2.24) is 30.2 Å². The first-order valence-corrected chi connectivity index (χ1v) is 12.3. The van der Waals surface area contributed by atoms with Gasteiger partial charge in [0.25, 0.3) is 0 Å². The zero-order chi connectivity index (χ0) is 28.7. The molecule has 0 amide bonds. The minimum atomic E-state index is -1.03. The second-order valence-corrected chi connectivity index (χ2v) is 8.59. The Labute approximate surface area is 227 Å². The third-order valence-corrected chi connectivity index (χ3v) is 5.52. The molecule has 10 nitrogen and oxygen atoms in total. The highest BCUT2D eigenvalue weighted by atomic mass is 16.3. The van der Waals surface area contributed by atoms with E-state index < -0.39 is 5.60 Å². The van der Waals surface area contributed by atoms with Crippen molar-refractivity contribution in [2.24, 2.45) is 0 Å². The molecule has 0 radical (unpaired) electrons. The van der Waals surface area contributed by atoms with Gasteiger partial charge in [0.15, 0.2) is 5.82 Å². The zero-order valence-electron chi connectivity index (χ0n) is 23.3. The van der Waals surface area contributed by atoms with Crippen molar-refractivity contribution >= 4 is 24.4 Å². The van der Waals surface area contributed by atoms with Crippen LogP contribution in [0.3, 0.4) is 0 Å². The maximum absolute atomic E-state index is 10.4. The molecule has 0 saturated carbocycles. The Kier molecular flexibility index (Phi) is 13.6. The van der Waals surface area contributed by atoms with Crippen LogP contribution in [-0.4, -0.2) is 70.5 Å². The second kappa shape index (κ2) is 16.1. The second-order valence-electron chi connectivity index (χ2n) is 8.59. The van der Waals surface area contributed by atoms with Gasteiger partial charge in [0.2, 0.25) is 5.95 Å². The van der Waals surface area contributed by atoms with Crippen molar-refractivity contribution in [3.63, 3.8) is 0 Å². The van der Waals surface area contributed by atoms with E-state index in [4.69, 9.17) is 9.78 Å². The summed E-state index contributed by atoms with van der Waals surface area (Å²) in [5, 5.41) is 20.7. The minimum Gasteiger partial charge on any atom is -0.384 e. The average molecular weight is 523 g/mol. The number of likely N-dealkylation sites (N-methyl/N-ethyl adjacent to an activating group) is 2. The Morgan fingerprint density at radius 2 is 1.97 bits per heavy atom. The highest BCUT2D eigenvalue weighted by Gasteiger charge is 2.30. The number of hydrogen-bond acceptors (Lipinski definition) is 10. The van der Waals surface area contributed by atoms with Gasteiger partial charge in [-0.05, 0) is 58.2 Å². The zero-order valence-corrected chi connectivity index (χ0v) is 23.3. The number of aliphatic hydroxyl groups is 1. The number of fused-ring (bicyclic) bond motifs is 1. The van der Waals surface area contributed by atoms with Crippen molar-refractivity contribution in [1.29, 1.82) is 0 Å². The summed E-state index contributed by atoms with van der Waals surface area (Å²) >= 11 is 0. The quantitative estimate of drug-likeness (QED) is 0.298. The van der Waals surface area contributed by atoms with Gasteiger partial charge in [0, 0.05) is 56.9 Å². The molecule has 0 saturated heterocycles. The number of carbonyl (C=O) groups excluding carboxylic acids is 1. The number of nitrogens with zero attached hydrogens (tertiary/aromatic N) is 6. The first kappa shape index (κ1) is 32.2. The lowest BCUT2D eigenvalue weighted by molar-refractivity contribution is -0.0980. The summed E-state index contributed by atoms with van der Waals surface area (Å²) in [4.78, 5) is 24.1. The number of hydrogen-bond donors (Lipinski definition) is 3. The lowest BCUT2D eigenvalue weighted by atomic mass is 10.1. The summed E-state index contributed by atoms with van der Waals surface area (Å²) < 4.78 is 0. The molecule has 0 aromatic carbocycles. The van der Waals surface area contributed by atoms with E-state index in [0.29, 0.717) is 24.0 Å². The summed E-state index contributed by atoms with van der Waals surface area (Å²) in [5.41, 5.74) is 1.63. The molecule has 1 aliphatic heterocycles. The molecule has 206 valence electrons. The van der Waals surface area contributed by atoms with Crippen LogP contribution in [0.2, 0.25) is 0 Å². The SMILES string of the molecule is C=C.C=C/C(=C\C=C\Nc1ncc2c(n1)N(c1cccc(C(C)(C)O)n1)N(C)C2)N(CC)CCNC.C=O. The molecule has 0 aliphatic carbocycles. The molecule has 0 atom stereocenters. The van der Waals surface area contributed by atoms with Gasteiger partial charge in [0.1, 0.15) is 18.2 Å². The smallest absolute Gasteiger partial charge is 0.228 e. The summed E-state index contributed by atoms with van der Waals surface area (Å²) in [7, 11) is 3.92. The minimum absolute atomic E-state index is 0.491. The fourth-order valence-electron chi connectivity index (χ4n) is 3.70. The fourth-order valence-corrected chi connectivity index (χ4v) is 3.70. The normalized spacial score (nSPS) is 13.2. The maximum atomic E-state index is 10.4. The lowest BCUT2D eigenvalue weighted by Gasteiger charge is -2.26. The molecule has 3 heterocycles. The first-order chi connectivity index (χ1) is 18.3. The Morgan fingerprint density at radius 3 is 2.58 bits per heavy atom. The monoisotopic (exact) mass is 522 g/mol. The molecule has 0 unspecified atom stereocenters. The van der Waals surface area contributed by atoms with E-state index in [2.05, 4.69) is 52.2 Å². The first-order valence-electron chi connectivity index (χ1n) is 12.3. The van der Waals surface area contributed by atoms with Gasteiger partial charge >= 0.3 is 0 Å². The number of anilines is 3. The average Bonchev–Trinajstić information content (AvgIpc) is 3.26. The van der Waals surface area contributed by atoms with Crippen molar-refractivity contribution in [2.75, 3.05) is 44.1 Å². The molecule has 2 aromatic rings. The van der Waals surface area contributed by atoms with Crippen molar-refractivity contribution in [2.45, 2.75) is 32.9 Å². The molecule has 3 rings (SSSR count). The topological polar surface area (TPSA) is 110 Å². The molecule has 10 heteroatoms. The highest BCUT2D eigenvalue weighted by molar-refractivity contribution is 5.62. The Balaban J connectivity index is 0.00000172. The molecule has 2 aromatic heterocycles. The van der Waals surface area contributed by atoms with Crippen LogP contribution in [0.25, 0.3) is 0 Å². The van der Waals surface area contributed by atoms with Crippen LogP contribution in [0.4, 0.5) is 17.6 Å².